The van der Waals surface area contributed by atoms with E-state index in [0.717, 1.165) is 42.4 Å². The zero-order chi connectivity index (χ0) is 17.9. The van der Waals surface area contributed by atoms with Crippen molar-refractivity contribution >= 4 is 11.7 Å². The minimum atomic E-state index is -0.0225. The van der Waals surface area contributed by atoms with Crippen LogP contribution >= 0.6 is 0 Å². The predicted octanol–water partition coefficient (Wildman–Crippen LogP) is 1.89. The lowest BCUT2D eigenvalue weighted by atomic mass is 9.98. The van der Waals surface area contributed by atoms with Gasteiger partial charge in [-0.1, -0.05) is 6.07 Å². The number of hydrogen-bond acceptors (Lipinski definition) is 4. The molecule has 2 N–H and O–H groups in total. The van der Waals surface area contributed by atoms with Gasteiger partial charge >= 0.3 is 6.03 Å². The number of aryl methyl sites for hydroxylation is 1. The summed E-state index contributed by atoms with van der Waals surface area (Å²) in [6, 6.07) is 5.89. The fourth-order valence-electron chi connectivity index (χ4n) is 3.43. The molecule has 0 spiro atoms. The van der Waals surface area contributed by atoms with Crippen molar-refractivity contribution in [1.82, 2.24) is 34.8 Å². The highest BCUT2D eigenvalue weighted by Gasteiger charge is 2.27. The fraction of sp³-hybridized carbons (Fsp3) is 0.444. The van der Waals surface area contributed by atoms with Crippen LogP contribution < -0.4 is 5.32 Å². The Morgan fingerprint density at radius 2 is 2.31 bits per heavy atom. The number of rotatable bonds is 4. The molecule has 4 rings (SSSR count). The molecule has 2 amide bonds. The third kappa shape index (κ3) is 3.54. The Hall–Kier alpha value is -2.90. The second-order valence-corrected chi connectivity index (χ2v) is 6.74. The molecule has 8 heteroatoms. The smallest absolute Gasteiger partial charge is 0.317 e. The normalized spacial score (nSPS) is 17.6. The van der Waals surface area contributed by atoms with Crippen molar-refractivity contribution < 1.29 is 4.79 Å². The molecule has 0 unspecified atom stereocenters. The quantitative estimate of drug-likeness (QED) is 0.749. The van der Waals surface area contributed by atoms with Gasteiger partial charge in [-0.2, -0.15) is 5.10 Å². The summed E-state index contributed by atoms with van der Waals surface area (Å²) in [6.07, 6.45) is 6.68. The van der Waals surface area contributed by atoms with E-state index in [2.05, 4.69) is 25.5 Å². The van der Waals surface area contributed by atoms with Gasteiger partial charge in [-0.05, 0) is 31.9 Å². The van der Waals surface area contributed by atoms with Crippen LogP contribution in [0.5, 0.6) is 0 Å². The highest BCUT2D eigenvalue weighted by atomic mass is 16.2. The summed E-state index contributed by atoms with van der Waals surface area (Å²) < 4.78 is 1.99. The third-order valence-corrected chi connectivity index (χ3v) is 4.76. The zero-order valence-electron chi connectivity index (χ0n) is 14.9. The molecule has 3 aromatic rings. The van der Waals surface area contributed by atoms with Crippen molar-refractivity contribution in [2.45, 2.75) is 32.1 Å². The molecule has 8 nitrogen and oxygen atoms in total. The lowest BCUT2D eigenvalue weighted by molar-refractivity contribution is 0.178. The van der Waals surface area contributed by atoms with E-state index in [0.29, 0.717) is 19.5 Å². The Kier molecular flexibility index (Phi) is 4.55. The highest BCUT2D eigenvalue weighted by Crippen LogP contribution is 2.24. The molecular weight excluding hydrogens is 330 g/mol. The number of aromatic nitrogens is 5. The molecule has 0 aromatic carbocycles. The maximum absolute atomic E-state index is 12.5. The number of likely N-dealkylation sites (tertiary alicyclic amines) is 1. The maximum Gasteiger partial charge on any atom is 0.317 e. The molecule has 0 aliphatic carbocycles. The molecule has 0 bridgehead atoms. The van der Waals surface area contributed by atoms with Gasteiger partial charge < -0.3 is 14.6 Å². The van der Waals surface area contributed by atoms with Crippen LogP contribution in [-0.4, -0.2) is 55.1 Å². The van der Waals surface area contributed by atoms with E-state index in [-0.39, 0.29) is 11.9 Å². The molecular formula is C18H23N7O. The van der Waals surface area contributed by atoms with Gasteiger partial charge in [0.15, 0.2) is 5.82 Å². The highest BCUT2D eigenvalue weighted by molar-refractivity contribution is 5.74. The molecule has 26 heavy (non-hydrogen) atoms. The van der Waals surface area contributed by atoms with Crippen molar-refractivity contribution in [2.75, 3.05) is 19.6 Å². The first-order chi connectivity index (χ1) is 12.7. The molecule has 1 atom stereocenters. The van der Waals surface area contributed by atoms with Crippen LogP contribution in [-0.2, 0) is 6.42 Å². The minimum Gasteiger partial charge on any atom is -0.338 e. The van der Waals surface area contributed by atoms with Crippen LogP contribution in [0.1, 0.15) is 36.1 Å². The number of carbonyl (C=O) groups excluding carboxylic acids is 1. The van der Waals surface area contributed by atoms with E-state index in [1.165, 1.54) is 0 Å². The van der Waals surface area contributed by atoms with E-state index in [1.807, 2.05) is 46.8 Å². The molecule has 3 aromatic heterocycles. The Bertz CT molecular complexity index is 867. The van der Waals surface area contributed by atoms with Gasteiger partial charge in [-0.15, -0.1) is 0 Å². The van der Waals surface area contributed by atoms with Crippen molar-refractivity contribution in [2.24, 2.45) is 0 Å². The molecule has 0 saturated carbocycles. The molecule has 4 heterocycles. The molecule has 136 valence electrons. The topological polar surface area (TPSA) is 91.2 Å². The van der Waals surface area contributed by atoms with Crippen molar-refractivity contribution in [3.05, 3.63) is 47.9 Å². The van der Waals surface area contributed by atoms with Crippen LogP contribution in [0.15, 0.2) is 30.6 Å². The summed E-state index contributed by atoms with van der Waals surface area (Å²) in [6.45, 7) is 3.91. The first-order valence-corrected chi connectivity index (χ1v) is 9.03. The van der Waals surface area contributed by atoms with Gasteiger partial charge in [-0.25, -0.2) is 14.8 Å². The lowest BCUT2D eigenvalue weighted by Crippen LogP contribution is -2.45. The Labute approximate surface area is 151 Å². The third-order valence-electron chi connectivity index (χ3n) is 4.76. The number of nitrogens with zero attached hydrogens (tertiary/aromatic N) is 5. The predicted molar refractivity (Wildman–Crippen MR) is 97.0 cm³/mol. The van der Waals surface area contributed by atoms with Crippen LogP contribution in [0.3, 0.4) is 0 Å². The Balaban J connectivity index is 1.30. The summed E-state index contributed by atoms with van der Waals surface area (Å²) >= 11 is 0. The second-order valence-electron chi connectivity index (χ2n) is 6.74. The van der Waals surface area contributed by atoms with Crippen LogP contribution in [0.2, 0.25) is 0 Å². The standard InChI is InChI=1S/C18H23N7O/c1-13-20-17(23-22-13)14-5-4-10-25(11-14)18(26)19-8-7-15-12-24-9-3-2-6-16(24)21-15/h2-3,6,9,12,14H,4-5,7-8,10-11H2,1H3,(H,19,26)(H,20,22,23)/t14-/m0/s1. The van der Waals surface area contributed by atoms with Crippen LogP contribution in [0, 0.1) is 6.92 Å². The number of carbonyl (C=O) groups is 1. The monoisotopic (exact) mass is 353 g/mol. The number of hydrogen-bond donors (Lipinski definition) is 2. The summed E-state index contributed by atoms with van der Waals surface area (Å²) in [4.78, 5) is 23.3. The number of H-pyrrole nitrogens is 1. The number of pyridine rings is 1. The minimum absolute atomic E-state index is 0.0225. The summed E-state index contributed by atoms with van der Waals surface area (Å²) in [5.41, 5.74) is 1.90. The number of aromatic amines is 1. The van der Waals surface area contributed by atoms with Crippen molar-refractivity contribution in [3.63, 3.8) is 0 Å². The average molecular weight is 353 g/mol. The van der Waals surface area contributed by atoms with E-state index in [9.17, 15) is 4.79 Å². The Morgan fingerprint density at radius 3 is 3.12 bits per heavy atom. The van der Waals surface area contributed by atoms with Gasteiger partial charge in [0, 0.05) is 44.4 Å². The Morgan fingerprint density at radius 1 is 1.38 bits per heavy atom. The maximum atomic E-state index is 12.5. The lowest BCUT2D eigenvalue weighted by Gasteiger charge is -2.31. The SMILES string of the molecule is Cc1nc([C@H]2CCCN(C(=O)NCCc3cn4ccccc4n3)C2)n[nH]1. The van der Waals surface area contributed by atoms with Gasteiger partial charge in [0.25, 0.3) is 0 Å². The van der Waals surface area contributed by atoms with Gasteiger partial charge in [0.2, 0.25) is 0 Å². The van der Waals surface area contributed by atoms with Crippen molar-refractivity contribution in [1.29, 1.82) is 0 Å². The first kappa shape index (κ1) is 16.6. The number of nitrogens with one attached hydrogen (secondary N) is 2. The van der Waals surface area contributed by atoms with E-state index >= 15 is 0 Å². The average Bonchev–Trinajstić information content (AvgIpc) is 3.27. The number of imidazole rings is 1. The van der Waals surface area contributed by atoms with Crippen LogP contribution in [0.25, 0.3) is 5.65 Å². The van der Waals surface area contributed by atoms with Crippen LogP contribution in [0.4, 0.5) is 4.79 Å². The summed E-state index contributed by atoms with van der Waals surface area (Å²) in [7, 11) is 0. The summed E-state index contributed by atoms with van der Waals surface area (Å²) in [5, 5.41) is 10.1. The molecule has 1 aliphatic rings. The number of fused-ring (bicyclic) bond motifs is 1. The molecule has 0 radical (unpaired) electrons. The van der Waals surface area contributed by atoms with Crippen molar-refractivity contribution in [3.8, 4) is 0 Å². The number of urea groups is 1. The largest absolute Gasteiger partial charge is 0.338 e. The van der Waals surface area contributed by atoms with E-state index in [4.69, 9.17) is 0 Å². The summed E-state index contributed by atoms with van der Waals surface area (Å²) in [5.74, 6) is 1.83. The van der Waals surface area contributed by atoms with E-state index < -0.39 is 0 Å². The first-order valence-electron chi connectivity index (χ1n) is 9.03. The molecule has 1 fully saturated rings. The molecule has 1 aliphatic heterocycles. The second kappa shape index (κ2) is 7.15. The van der Waals surface area contributed by atoms with Gasteiger partial charge in [-0.3, -0.25) is 5.10 Å². The zero-order valence-corrected chi connectivity index (χ0v) is 14.9. The number of piperidine rings is 1. The van der Waals surface area contributed by atoms with Gasteiger partial charge in [0.05, 0.1) is 5.69 Å². The fourth-order valence-corrected chi connectivity index (χ4v) is 3.43. The number of amides is 2. The van der Waals surface area contributed by atoms with Gasteiger partial charge in [0.1, 0.15) is 11.5 Å². The van der Waals surface area contributed by atoms with E-state index in [1.54, 1.807) is 0 Å². The molecule has 1 saturated heterocycles.